The van der Waals surface area contributed by atoms with Crippen molar-refractivity contribution in [3.63, 3.8) is 0 Å². The lowest BCUT2D eigenvalue weighted by atomic mass is 10.0. The standard InChI is InChI=1S/C13H11BrN4O/c14-10-5-9(6-15-7-10)11-8-17-18(13(11)19)12-3-1-2-4-16-12/h1-7,11,17H,8H2. The lowest BCUT2D eigenvalue weighted by molar-refractivity contribution is -0.118. The third kappa shape index (κ3) is 2.36. The van der Waals surface area contributed by atoms with Crippen molar-refractivity contribution in [2.75, 3.05) is 11.6 Å². The summed E-state index contributed by atoms with van der Waals surface area (Å²) < 4.78 is 0.870. The van der Waals surface area contributed by atoms with Gasteiger partial charge in [-0.15, -0.1) is 0 Å². The second-order valence-corrected chi connectivity index (χ2v) is 5.13. The Hall–Kier alpha value is -1.79. The van der Waals surface area contributed by atoms with Crippen LogP contribution in [0.25, 0.3) is 0 Å². The van der Waals surface area contributed by atoms with Crippen molar-refractivity contribution in [1.82, 2.24) is 15.4 Å². The predicted octanol–water partition coefficient (Wildman–Crippen LogP) is 1.87. The molecule has 3 heterocycles. The van der Waals surface area contributed by atoms with Gasteiger partial charge in [-0.05, 0) is 39.7 Å². The van der Waals surface area contributed by atoms with Crippen molar-refractivity contribution < 1.29 is 4.79 Å². The second-order valence-electron chi connectivity index (χ2n) is 4.21. The summed E-state index contributed by atoms with van der Waals surface area (Å²) in [4.78, 5) is 20.7. The number of hydrazine groups is 1. The SMILES string of the molecule is O=C1C(c2cncc(Br)c2)CNN1c1ccccn1. The lowest BCUT2D eigenvalue weighted by Crippen LogP contribution is -2.35. The van der Waals surface area contributed by atoms with E-state index in [1.54, 1.807) is 24.7 Å². The molecule has 0 radical (unpaired) electrons. The van der Waals surface area contributed by atoms with Gasteiger partial charge in [-0.1, -0.05) is 6.07 Å². The molecule has 96 valence electrons. The number of hydrogen-bond acceptors (Lipinski definition) is 4. The van der Waals surface area contributed by atoms with E-state index >= 15 is 0 Å². The number of rotatable bonds is 2. The minimum absolute atomic E-state index is 0.0152. The summed E-state index contributed by atoms with van der Waals surface area (Å²) in [7, 11) is 0. The summed E-state index contributed by atoms with van der Waals surface area (Å²) in [6.45, 7) is 0.549. The van der Waals surface area contributed by atoms with E-state index in [0.29, 0.717) is 12.4 Å². The first-order valence-corrected chi connectivity index (χ1v) is 6.64. The molecule has 19 heavy (non-hydrogen) atoms. The molecule has 0 saturated carbocycles. The maximum absolute atomic E-state index is 12.4. The minimum Gasteiger partial charge on any atom is -0.272 e. The second kappa shape index (κ2) is 5.07. The Morgan fingerprint density at radius 3 is 3.00 bits per heavy atom. The summed E-state index contributed by atoms with van der Waals surface area (Å²) in [5.41, 5.74) is 3.96. The number of carbonyl (C=O) groups excluding carboxylic acids is 1. The molecule has 2 aromatic heterocycles. The molecule has 0 aromatic carbocycles. The molecular weight excluding hydrogens is 308 g/mol. The van der Waals surface area contributed by atoms with Crippen molar-refractivity contribution in [2.24, 2.45) is 0 Å². The summed E-state index contributed by atoms with van der Waals surface area (Å²) in [6.07, 6.45) is 5.09. The summed E-state index contributed by atoms with van der Waals surface area (Å²) in [6, 6.07) is 7.39. The minimum atomic E-state index is -0.230. The smallest absolute Gasteiger partial charge is 0.251 e. The lowest BCUT2D eigenvalue weighted by Gasteiger charge is -2.14. The molecule has 1 unspecified atom stereocenters. The van der Waals surface area contributed by atoms with Crippen molar-refractivity contribution in [1.29, 1.82) is 0 Å². The monoisotopic (exact) mass is 318 g/mol. The molecule has 2 aromatic rings. The van der Waals surface area contributed by atoms with Crippen molar-refractivity contribution in [3.8, 4) is 0 Å². The van der Waals surface area contributed by atoms with Crippen molar-refractivity contribution in [3.05, 3.63) is 52.9 Å². The first-order valence-electron chi connectivity index (χ1n) is 5.84. The van der Waals surface area contributed by atoms with Crippen LogP contribution in [0.1, 0.15) is 11.5 Å². The van der Waals surface area contributed by atoms with Gasteiger partial charge in [0.15, 0.2) is 0 Å². The van der Waals surface area contributed by atoms with Gasteiger partial charge in [-0.25, -0.2) is 15.4 Å². The molecule has 5 nitrogen and oxygen atoms in total. The highest BCUT2D eigenvalue weighted by Crippen LogP contribution is 2.25. The zero-order valence-corrected chi connectivity index (χ0v) is 11.5. The topological polar surface area (TPSA) is 58.1 Å². The van der Waals surface area contributed by atoms with E-state index in [9.17, 15) is 4.79 Å². The molecule has 0 bridgehead atoms. The van der Waals surface area contributed by atoms with Gasteiger partial charge in [0, 0.05) is 29.6 Å². The van der Waals surface area contributed by atoms with Gasteiger partial charge in [0.1, 0.15) is 5.82 Å². The Morgan fingerprint density at radius 1 is 1.37 bits per heavy atom. The molecule has 1 aliphatic heterocycles. The van der Waals surface area contributed by atoms with E-state index in [1.165, 1.54) is 5.01 Å². The third-order valence-corrected chi connectivity index (χ3v) is 3.41. The summed E-state index contributed by atoms with van der Waals surface area (Å²) in [5.74, 6) is 0.364. The van der Waals surface area contributed by atoms with Crippen LogP contribution in [0.15, 0.2) is 47.3 Å². The highest BCUT2D eigenvalue weighted by Gasteiger charge is 2.34. The quantitative estimate of drug-likeness (QED) is 0.918. The van der Waals surface area contributed by atoms with Crippen LogP contribution in [-0.2, 0) is 4.79 Å². The molecule has 1 atom stereocenters. The van der Waals surface area contributed by atoms with Gasteiger partial charge >= 0.3 is 0 Å². The van der Waals surface area contributed by atoms with Crippen molar-refractivity contribution >= 4 is 27.7 Å². The summed E-state index contributed by atoms with van der Waals surface area (Å²) >= 11 is 3.37. The fraction of sp³-hybridized carbons (Fsp3) is 0.154. The Morgan fingerprint density at radius 2 is 2.26 bits per heavy atom. The number of pyridine rings is 2. The predicted molar refractivity (Wildman–Crippen MR) is 74.4 cm³/mol. The van der Waals surface area contributed by atoms with E-state index < -0.39 is 0 Å². The molecule has 1 aliphatic rings. The van der Waals surface area contributed by atoms with Crippen LogP contribution < -0.4 is 10.4 Å². The number of amides is 1. The van der Waals surface area contributed by atoms with E-state index in [-0.39, 0.29) is 11.8 Å². The molecule has 1 fully saturated rings. The average Bonchev–Trinajstić information content (AvgIpc) is 2.81. The maximum Gasteiger partial charge on any atom is 0.251 e. The normalized spacial score (nSPS) is 18.9. The number of nitrogens with zero attached hydrogens (tertiary/aromatic N) is 3. The van der Waals surface area contributed by atoms with Gasteiger partial charge in [0.25, 0.3) is 5.91 Å². The van der Waals surface area contributed by atoms with E-state index in [0.717, 1.165) is 10.0 Å². The first kappa shape index (κ1) is 12.3. The van der Waals surface area contributed by atoms with E-state index in [1.807, 2.05) is 18.2 Å². The fourth-order valence-electron chi connectivity index (χ4n) is 2.06. The number of halogens is 1. The fourth-order valence-corrected chi connectivity index (χ4v) is 2.45. The molecule has 3 rings (SSSR count). The molecule has 0 aliphatic carbocycles. The molecule has 1 amide bonds. The average molecular weight is 319 g/mol. The van der Waals surface area contributed by atoms with Crippen LogP contribution in [0.5, 0.6) is 0 Å². The zero-order chi connectivity index (χ0) is 13.2. The van der Waals surface area contributed by atoms with E-state index in [2.05, 4.69) is 31.3 Å². The number of aromatic nitrogens is 2. The van der Waals surface area contributed by atoms with Crippen LogP contribution in [-0.4, -0.2) is 22.4 Å². The number of hydrogen-bond donors (Lipinski definition) is 1. The van der Waals surface area contributed by atoms with Crippen LogP contribution in [0.3, 0.4) is 0 Å². The highest BCUT2D eigenvalue weighted by atomic mass is 79.9. The Labute approximate surface area is 118 Å². The van der Waals surface area contributed by atoms with Gasteiger partial charge in [0.2, 0.25) is 0 Å². The Kier molecular flexibility index (Phi) is 3.27. The largest absolute Gasteiger partial charge is 0.272 e. The molecule has 1 N–H and O–H groups in total. The van der Waals surface area contributed by atoms with Crippen LogP contribution in [0, 0.1) is 0 Å². The maximum atomic E-state index is 12.4. The van der Waals surface area contributed by atoms with Crippen LogP contribution in [0.2, 0.25) is 0 Å². The van der Waals surface area contributed by atoms with E-state index in [4.69, 9.17) is 0 Å². The zero-order valence-electron chi connectivity index (χ0n) is 9.95. The molecule has 6 heteroatoms. The van der Waals surface area contributed by atoms with Crippen LogP contribution >= 0.6 is 15.9 Å². The van der Waals surface area contributed by atoms with Crippen molar-refractivity contribution in [2.45, 2.75) is 5.92 Å². The molecule has 0 spiro atoms. The highest BCUT2D eigenvalue weighted by molar-refractivity contribution is 9.10. The molecular formula is C13H11BrN4O. The van der Waals surface area contributed by atoms with Gasteiger partial charge in [-0.3, -0.25) is 9.78 Å². The number of carbonyl (C=O) groups is 1. The number of nitrogens with one attached hydrogen (secondary N) is 1. The van der Waals surface area contributed by atoms with Gasteiger partial charge < -0.3 is 0 Å². The molecule has 1 saturated heterocycles. The Bertz CT molecular complexity index is 605. The van der Waals surface area contributed by atoms with Gasteiger partial charge in [0.05, 0.1) is 5.92 Å². The first-order chi connectivity index (χ1) is 9.25. The van der Waals surface area contributed by atoms with Gasteiger partial charge in [-0.2, -0.15) is 0 Å². The Balaban J connectivity index is 1.87. The summed E-state index contributed by atoms with van der Waals surface area (Å²) in [5, 5.41) is 1.49. The number of anilines is 1. The third-order valence-electron chi connectivity index (χ3n) is 2.98. The van der Waals surface area contributed by atoms with Crippen LogP contribution in [0.4, 0.5) is 5.82 Å².